The summed E-state index contributed by atoms with van der Waals surface area (Å²) in [6.45, 7) is 5.96. The van der Waals surface area contributed by atoms with Crippen LogP contribution in [0.1, 0.15) is 42.7 Å². The fourth-order valence-corrected chi connectivity index (χ4v) is 3.00. The fourth-order valence-electron chi connectivity index (χ4n) is 3.00. The maximum Gasteiger partial charge on any atom is 0.303 e. The Morgan fingerprint density at radius 1 is 1.19 bits per heavy atom. The average Bonchev–Trinajstić information content (AvgIpc) is 2.91. The van der Waals surface area contributed by atoms with Gasteiger partial charge in [-0.15, -0.1) is 0 Å². The van der Waals surface area contributed by atoms with Crippen molar-refractivity contribution in [3.05, 3.63) is 35.5 Å². The molecule has 1 aromatic carbocycles. The van der Waals surface area contributed by atoms with Crippen molar-refractivity contribution in [2.45, 2.75) is 39.7 Å². The number of carbonyl (C=O) groups is 3. The van der Waals surface area contributed by atoms with Gasteiger partial charge in [-0.1, -0.05) is 25.5 Å². The number of hydrogen-bond acceptors (Lipinski definition) is 3. The summed E-state index contributed by atoms with van der Waals surface area (Å²) >= 11 is 0. The van der Waals surface area contributed by atoms with E-state index in [2.05, 4.69) is 10.6 Å². The second-order valence-electron chi connectivity index (χ2n) is 7.13. The van der Waals surface area contributed by atoms with Crippen molar-refractivity contribution >= 4 is 28.7 Å². The molecule has 1 aromatic heterocycles. The van der Waals surface area contributed by atoms with Gasteiger partial charge in [0, 0.05) is 30.9 Å². The van der Waals surface area contributed by atoms with E-state index in [1.807, 2.05) is 56.7 Å². The van der Waals surface area contributed by atoms with Crippen LogP contribution in [-0.4, -0.2) is 40.0 Å². The Morgan fingerprint density at radius 2 is 1.89 bits per heavy atom. The number of aromatic nitrogens is 1. The minimum absolute atomic E-state index is 0.00561. The van der Waals surface area contributed by atoms with E-state index in [-0.39, 0.29) is 30.7 Å². The van der Waals surface area contributed by atoms with Crippen LogP contribution < -0.4 is 10.6 Å². The molecule has 7 heteroatoms. The van der Waals surface area contributed by atoms with Gasteiger partial charge < -0.3 is 20.3 Å². The summed E-state index contributed by atoms with van der Waals surface area (Å²) in [5, 5.41) is 15.1. The Kier molecular flexibility index (Phi) is 6.60. The highest BCUT2D eigenvalue weighted by atomic mass is 16.4. The van der Waals surface area contributed by atoms with E-state index in [9.17, 15) is 14.4 Å². The predicted molar refractivity (Wildman–Crippen MR) is 104 cm³/mol. The number of nitrogens with one attached hydrogen (secondary N) is 2. The van der Waals surface area contributed by atoms with Gasteiger partial charge in [-0.3, -0.25) is 14.4 Å². The first-order chi connectivity index (χ1) is 12.7. The smallest absolute Gasteiger partial charge is 0.303 e. The van der Waals surface area contributed by atoms with Crippen LogP contribution in [0.25, 0.3) is 10.9 Å². The summed E-state index contributed by atoms with van der Waals surface area (Å²) in [5.74, 6) is -1.63. The first kappa shape index (κ1) is 20.5. The van der Waals surface area contributed by atoms with Crippen LogP contribution in [0.4, 0.5) is 0 Å². The third-order valence-electron chi connectivity index (χ3n) is 4.53. The third-order valence-corrected chi connectivity index (χ3v) is 4.53. The lowest BCUT2D eigenvalue weighted by atomic mass is 10.0. The Bertz CT molecular complexity index is 854. The van der Waals surface area contributed by atoms with Gasteiger partial charge in [0.15, 0.2) is 0 Å². The van der Waals surface area contributed by atoms with E-state index in [1.54, 1.807) is 0 Å². The van der Waals surface area contributed by atoms with Crippen LogP contribution in [0, 0.1) is 12.8 Å². The molecular weight excluding hydrogens is 346 g/mol. The molecule has 27 heavy (non-hydrogen) atoms. The van der Waals surface area contributed by atoms with Crippen molar-refractivity contribution in [3.8, 4) is 0 Å². The van der Waals surface area contributed by atoms with E-state index in [1.165, 1.54) is 0 Å². The Hall–Kier alpha value is -2.83. The molecule has 2 rings (SSSR count). The molecule has 0 saturated carbocycles. The number of rotatable bonds is 8. The monoisotopic (exact) mass is 373 g/mol. The standard InChI is InChI=1S/C20H27N3O4/c1-12(2)18(20(27)21-9-5-6-17(24)25)22-19(26)16-11-14-10-13(3)7-8-15(14)23(16)4/h7-8,10-12,18H,5-6,9H2,1-4H3,(H,21,27)(H,22,26)(H,24,25). The Morgan fingerprint density at radius 3 is 2.52 bits per heavy atom. The van der Waals surface area contributed by atoms with Crippen LogP contribution in [-0.2, 0) is 16.6 Å². The van der Waals surface area contributed by atoms with Gasteiger partial charge >= 0.3 is 5.97 Å². The van der Waals surface area contributed by atoms with Gasteiger partial charge in [0.2, 0.25) is 5.91 Å². The van der Waals surface area contributed by atoms with E-state index >= 15 is 0 Å². The largest absolute Gasteiger partial charge is 0.481 e. The lowest BCUT2D eigenvalue weighted by Crippen LogP contribution is -2.50. The molecule has 3 N–H and O–H groups in total. The predicted octanol–water partition coefficient (Wildman–Crippen LogP) is 2.22. The van der Waals surface area contributed by atoms with Gasteiger partial charge in [-0.2, -0.15) is 0 Å². The first-order valence-corrected chi connectivity index (χ1v) is 9.07. The second-order valence-corrected chi connectivity index (χ2v) is 7.13. The average molecular weight is 373 g/mol. The summed E-state index contributed by atoms with van der Waals surface area (Å²) in [7, 11) is 1.82. The molecular formula is C20H27N3O4. The maximum absolute atomic E-state index is 12.8. The summed E-state index contributed by atoms with van der Waals surface area (Å²) in [4.78, 5) is 35.7. The van der Waals surface area contributed by atoms with Gasteiger partial charge in [-0.25, -0.2) is 0 Å². The van der Waals surface area contributed by atoms with Crippen LogP contribution in [0.3, 0.4) is 0 Å². The number of carboxylic acids is 1. The number of hydrogen-bond donors (Lipinski definition) is 3. The minimum Gasteiger partial charge on any atom is -0.481 e. The summed E-state index contributed by atoms with van der Waals surface area (Å²) < 4.78 is 1.81. The number of carboxylic acid groups (broad SMARTS) is 1. The summed E-state index contributed by atoms with van der Waals surface area (Å²) in [5.41, 5.74) is 2.55. The number of aryl methyl sites for hydroxylation is 2. The molecule has 0 saturated heterocycles. The SMILES string of the molecule is Cc1ccc2c(c1)cc(C(=O)NC(C(=O)NCCCC(=O)O)C(C)C)n2C. The van der Waals surface area contributed by atoms with Gasteiger partial charge in [0.05, 0.1) is 0 Å². The highest BCUT2D eigenvalue weighted by Crippen LogP contribution is 2.20. The van der Waals surface area contributed by atoms with E-state index in [0.29, 0.717) is 12.1 Å². The maximum atomic E-state index is 12.8. The van der Waals surface area contributed by atoms with Crippen molar-refractivity contribution in [1.29, 1.82) is 0 Å². The van der Waals surface area contributed by atoms with Crippen molar-refractivity contribution in [2.24, 2.45) is 13.0 Å². The molecule has 1 atom stereocenters. The van der Waals surface area contributed by atoms with Crippen molar-refractivity contribution in [1.82, 2.24) is 15.2 Å². The van der Waals surface area contributed by atoms with E-state index < -0.39 is 12.0 Å². The first-order valence-electron chi connectivity index (χ1n) is 9.07. The minimum atomic E-state index is -0.899. The number of fused-ring (bicyclic) bond motifs is 1. The number of amides is 2. The molecule has 7 nitrogen and oxygen atoms in total. The molecule has 0 aliphatic heterocycles. The van der Waals surface area contributed by atoms with Gasteiger partial charge in [0.25, 0.3) is 5.91 Å². The summed E-state index contributed by atoms with van der Waals surface area (Å²) in [6, 6.07) is 7.10. The normalized spacial score (nSPS) is 12.2. The van der Waals surface area contributed by atoms with Gasteiger partial charge in [0.1, 0.15) is 11.7 Å². The number of carbonyl (C=O) groups excluding carboxylic acids is 2. The fraction of sp³-hybridized carbons (Fsp3) is 0.450. The van der Waals surface area contributed by atoms with Crippen LogP contribution in [0.2, 0.25) is 0 Å². The molecule has 0 spiro atoms. The zero-order valence-electron chi connectivity index (χ0n) is 16.2. The number of benzene rings is 1. The summed E-state index contributed by atoms with van der Waals surface area (Å²) in [6.07, 6.45) is 0.344. The zero-order valence-corrected chi connectivity index (χ0v) is 16.2. The molecule has 0 aliphatic rings. The highest BCUT2D eigenvalue weighted by Gasteiger charge is 2.25. The van der Waals surface area contributed by atoms with Crippen molar-refractivity contribution in [3.63, 3.8) is 0 Å². The highest BCUT2D eigenvalue weighted by molar-refractivity contribution is 6.00. The quantitative estimate of drug-likeness (QED) is 0.618. The van der Waals surface area contributed by atoms with Crippen LogP contribution in [0.15, 0.2) is 24.3 Å². The zero-order chi connectivity index (χ0) is 20.1. The second kappa shape index (κ2) is 8.70. The Labute approximate surface area is 158 Å². The lowest BCUT2D eigenvalue weighted by molar-refractivity contribution is -0.137. The lowest BCUT2D eigenvalue weighted by Gasteiger charge is -2.21. The van der Waals surface area contributed by atoms with Crippen LogP contribution in [0.5, 0.6) is 0 Å². The third kappa shape index (κ3) is 5.09. The molecule has 1 unspecified atom stereocenters. The number of nitrogens with zero attached hydrogens (tertiary/aromatic N) is 1. The van der Waals surface area contributed by atoms with Crippen molar-refractivity contribution in [2.75, 3.05) is 6.54 Å². The van der Waals surface area contributed by atoms with E-state index in [0.717, 1.165) is 16.5 Å². The molecule has 2 aromatic rings. The Balaban J connectivity index is 2.09. The molecule has 0 aliphatic carbocycles. The van der Waals surface area contributed by atoms with Gasteiger partial charge in [-0.05, 0) is 37.5 Å². The van der Waals surface area contributed by atoms with Crippen molar-refractivity contribution < 1.29 is 19.5 Å². The topological polar surface area (TPSA) is 100 Å². The van der Waals surface area contributed by atoms with E-state index in [4.69, 9.17) is 5.11 Å². The molecule has 0 fully saturated rings. The molecule has 0 radical (unpaired) electrons. The van der Waals surface area contributed by atoms with Crippen LogP contribution >= 0.6 is 0 Å². The molecule has 1 heterocycles. The molecule has 0 bridgehead atoms. The molecule has 2 amide bonds. The molecule has 146 valence electrons. The number of aliphatic carboxylic acids is 1.